The van der Waals surface area contributed by atoms with Crippen molar-refractivity contribution in [2.45, 2.75) is 63.1 Å². The number of guanidine groups is 1. The van der Waals surface area contributed by atoms with E-state index in [0.29, 0.717) is 36.8 Å². The fourth-order valence-corrected chi connectivity index (χ4v) is 7.89. The van der Waals surface area contributed by atoms with Gasteiger partial charge in [0.2, 0.25) is 0 Å². The van der Waals surface area contributed by atoms with Gasteiger partial charge in [-0.3, -0.25) is 9.79 Å². The maximum absolute atomic E-state index is 14.5. The monoisotopic (exact) mass is 526 g/mol. The molecule has 1 saturated heterocycles. The number of rotatable bonds is 7. The van der Waals surface area contributed by atoms with E-state index in [1.807, 2.05) is 24.3 Å². The van der Waals surface area contributed by atoms with Crippen LogP contribution in [0.3, 0.4) is 0 Å². The van der Waals surface area contributed by atoms with Gasteiger partial charge >= 0.3 is 0 Å². The van der Waals surface area contributed by atoms with Crippen LogP contribution in [0.2, 0.25) is 0 Å². The van der Waals surface area contributed by atoms with Gasteiger partial charge in [-0.05, 0) is 85.5 Å². The second-order valence-corrected chi connectivity index (χ2v) is 12.2. The van der Waals surface area contributed by atoms with Crippen LogP contribution in [0.4, 0.5) is 0 Å². The Kier molecular flexibility index (Phi) is 7.48. The minimum atomic E-state index is -0.317. The number of amides is 1. The van der Waals surface area contributed by atoms with Crippen molar-refractivity contribution in [3.05, 3.63) is 72.3 Å². The topological polar surface area (TPSA) is 93.9 Å². The summed E-state index contributed by atoms with van der Waals surface area (Å²) in [7, 11) is 0. The normalized spacial score (nSPS) is 31.4. The molecule has 2 fully saturated rings. The van der Waals surface area contributed by atoms with E-state index >= 15 is 0 Å². The molecule has 6 rings (SSSR count). The zero-order chi connectivity index (χ0) is 26.8. The van der Waals surface area contributed by atoms with Gasteiger partial charge in [-0.25, -0.2) is 0 Å². The Labute approximate surface area is 232 Å². The van der Waals surface area contributed by atoms with Crippen LogP contribution < -0.4 is 11.5 Å². The van der Waals surface area contributed by atoms with Crippen molar-refractivity contribution >= 4 is 22.6 Å². The lowest BCUT2D eigenvalue weighted by Gasteiger charge is -2.42. The molecule has 39 heavy (non-hydrogen) atoms. The fraction of sp³-hybridized carbons (Fsp3) is 0.515. The Morgan fingerprint density at radius 3 is 2.67 bits per heavy atom. The largest absolute Gasteiger partial charge is 0.370 e. The Bertz CT molecular complexity index is 1280. The molecule has 206 valence electrons. The van der Waals surface area contributed by atoms with Crippen LogP contribution in [-0.2, 0) is 4.74 Å². The molecule has 6 atom stereocenters. The van der Waals surface area contributed by atoms with E-state index in [1.165, 1.54) is 0 Å². The molecule has 2 aromatic carbocycles. The van der Waals surface area contributed by atoms with Gasteiger partial charge in [-0.1, -0.05) is 67.1 Å². The van der Waals surface area contributed by atoms with Gasteiger partial charge in [0.1, 0.15) is 0 Å². The first-order valence-electron chi connectivity index (χ1n) is 14.8. The van der Waals surface area contributed by atoms with Crippen LogP contribution in [0.1, 0.15) is 61.7 Å². The van der Waals surface area contributed by atoms with Crippen LogP contribution in [0.15, 0.2) is 71.8 Å². The molecular weight excluding hydrogens is 484 g/mol. The molecular formula is C33H42N4O2. The third-order valence-corrected chi connectivity index (χ3v) is 9.69. The smallest absolute Gasteiger partial charge is 0.254 e. The van der Waals surface area contributed by atoms with Gasteiger partial charge in [0.15, 0.2) is 5.96 Å². The molecule has 0 radical (unpaired) electrons. The van der Waals surface area contributed by atoms with Crippen molar-refractivity contribution in [1.82, 2.24) is 4.90 Å². The molecule has 6 nitrogen and oxygen atoms in total. The third kappa shape index (κ3) is 5.36. The highest BCUT2D eigenvalue weighted by Crippen LogP contribution is 2.51. The number of allylic oxidation sites excluding steroid dienone is 2. The van der Waals surface area contributed by atoms with Crippen molar-refractivity contribution in [3.63, 3.8) is 0 Å². The maximum Gasteiger partial charge on any atom is 0.254 e. The Balaban J connectivity index is 1.31. The third-order valence-electron chi connectivity index (χ3n) is 9.69. The van der Waals surface area contributed by atoms with Crippen molar-refractivity contribution in [1.29, 1.82) is 0 Å². The molecule has 2 aromatic rings. The van der Waals surface area contributed by atoms with E-state index < -0.39 is 0 Å². The Hall–Kier alpha value is -3.12. The molecule has 1 aliphatic heterocycles. The zero-order valence-corrected chi connectivity index (χ0v) is 22.9. The van der Waals surface area contributed by atoms with Gasteiger partial charge in [0.25, 0.3) is 5.91 Å². The zero-order valence-electron chi connectivity index (χ0n) is 22.9. The first-order valence-corrected chi connectivity index (χ1v) is 14.8. The average molecular weight is 527 g/mol. The number of carbonyl (C=O) groups is 1. The summed E-state index contributed by atoms with van der Waals surface area (Å²) >= 11 is 0. The molecule has 6 unspecified atom stereocenters. The average Bonchev–Trinajstić information content (AvgIpc) is 3.29. The second-order valence-electron chi connectivity index (χ2n) is 12.2. The predicted molar refractivity (Wildman–Crippen MR) is 157 cm³/mol. The van der Waals surface area contributed by atoms with Gasteiger partial charge in [0.05, 0.1) is 18.2 Å². The predicted octanol–water partition coefficient (Wildman–Crippen LogP) is 5.43. The fourth-order valence-electron chi connectivity index (χ4n) is 7.89. The van der Waals surface area contributed by atoms with Crippen LogP contribution in [0, 0.1) is 23.7 Å². The number of fused-ring (bicyclic) bond motifs is 4. The highest BCUT2D eigenvalue weighted by molar-refractivity contribution is 6.07. The quantitative estimate of drug-likeness (QED) is 0.286. The molecule has 1 heterocycles. The number of hydrogen-bond donors (Lipinski definition) is 2. The SMILES string of the molecule is NC(N)=NCC1CCCC(CN(CC23CC=CCC2C2CC=CCC2O3)C(=O)c2cccc3ccccc23)C1. The van der Waals surface area contributed by atoms with Gasteiger partial charge in [-0.15, -0.1) is 0 Å². The molecule has 6 heteroatoms. The molecule has 0 spiro atoms. The summed E-state index contributed by atoms with van der Waals surface area (Å²) in [5.74, 6) is 2.15. The minimum absolute atomic E-state index is 0.123. The summed E-state index contributed by atoms with van der Waals surface area (Å²) in [4.78, 5) is 21.0. The maximum atomic E-state index is 14.5. The summed E-state index contributed by atoms with van der Waals surface area (Å²) < 4.78 is 6.99. The number of aliphatic imine (C=N–C) groups is 1. The van der Waals surface area contributed by atoms with E-state index in [0.717, 1.165) is 74.2 Å². The van der Waals surface area contributed by atoms with Gasteiger partial charge < -0.3 is 21.1 Å². The molecule has 4 N–H and O–H groups in total. The van der Waals surface area contributed by atoms with Crippen LogP contribution in [-0.4, -0.2) is 48.1 Å². The summed E-state index contributed by atoms with van der Waals surface area (Å²) in [5.41, 5.74) is 11.7. The number of hydrogen-bond acceptors (Lipinski definition) is 3. The van der Waals surface area contributed by atoms with Crippen molar-refractivity contribution in [2.75, 3.05) is 19.6 Å². The Morgan fingerprint density at radius 2 is 1.77 bits per heavy atom. The van der Waals surface area contributed by atoms with E-state index in [1.54, 1.807) is 0 Å². The van der Waals surface area contributed by atoms with Gasteiger partial charge in [0, 0.05) is 18.7 Å². The summed E-state index contributed by atoms with van der Waals surface area (Å²) in [6, 6.07) is 14.3. The van der Waals surface area contributed by atoms with Crippen LogP contribution >= 0.6 is 0 Å². The van der Waals surface area contributed by atoms with Crippen LogP contribution in [0.5, 0.6) is 0 Å². The minimum Gasteiger partial charge on any atom is -0.370 e. The van der Waals surface area contributed by atoms with Crippen molar-refractivity contribution in [3.8, 4) is 0 Å². The first-order chi connectivity index (χ1) is 19.0. The van der Waals surface area contributed by atoms with E-state index in [-0.39, 0.29) is 23.6 Å². The lowest BCUT2D eigenvalue weighted by Crippen LogP contribution is -2.51. The van der Waals surface area contributed by atoms with Crippen LogP contribution in [0.25, 0.3) is 10.8 Å². The highest BCUT2D eigenvalue weighted by atomic mass is 16.5. The standard InChI is InChI=1S/C33H42N4O2/c34-32(35)36-20-23-9-7-10-24(19-23)21-37(31(38)27-15-8-12-25-11-1-2-13-26(25)27)22-33-18-6-5-16-29(33)28-14-3-4-17-30(28)39-33/h1-6,8,11-13,15,23-24,28-30H,7,9-10,14,16-22H2,(H4,34,35,36). The highest BCUT2D eigenvalue weighted by Gasteiger charge is 2.55. The second kappa shape index (κ2) is 11.2. The molecule has 4 aliphatic rings. The molecule has 0 aromatic heterocycles. The molecule has 0 bridgehead atoms. The summed E-state index contributed by atoms with van der Waals surface area (Å²) in [5, 5.41) is 2.12. The number of nitrogens with zero attached hydrogens (tertiary/aromatic N) is 2. The molecule has 3 aliphatic carbocycles. The number of ether oxygens (including phenoxy) is 1. The summed E-state index contributed by atoms with van der Waals surface area (Å²) in [6.45, 7) is 2.06. The lowest BCUT2D eigenvalue weighted by atomic mass is 9.70. The Morgan fingerprint density at radius 1 is 0.974 bits per heavy atom. The van der Waals surface area contributed by atoms with E-state index in [9.17, 15) is 4.79 Å². The summed E-state index contributed by atoms with van der Waals surface area (Å²) in [6.07, 6.45) is 17.9. The number of benzene rings is 2. The number of carbonyl (C=O) groups excluding carboxylic acids is 1. The van der Waals surface area contributed by atoms with Gasteiger partial charge in [-0.2, -0.15) is 0 Å². The van der Waals surface area contributed by atoms with E-state index in [4.69, 9.17) is 16.2 Å². The van der Waals surface area contributed by atoms with Crippen molar-refractivity contribution in [2.24, 2.45) is 40.1 Å². The molecule has 1 amide bonds. The first kappa shape index (κ1) is 26.1. The number of nitrogens with two attached hydrogens (primary N) is 2. The molecule has 1 saturated carbocycles. The van der Waals surface area contributed by atoms with Crippen molar-refractivity contribution < 1.29 is 9.53 Å². The van der Waals surface area contributed by atoms with E-state index in [2.05, 4.69) is 52.4 Å². The lowest BCUT2D eigenvalue weighted by molar-refractivity contribution is -0.0750.